The molecule has 45 heavy (non-hydrogen) atoms. The molecule has 0 bridgehead atoms. The molecule has 0 aliphatic carbocycles. The van der Waals surface area contributed by atoms with Gasteiger partial charge in [-0.25, -0.2) is 9.18 Å². The number of likely N-dealkylation sites (tertiary alicyclic amines) is 1. The van der Waals surface area contributed by atoms with Crippen LogP contribution in [0.2, 0.25) is 5.02 Å². The first-order valence-electron chi connectivity index (χ1n) is 15.1. The summed E-state index contributed by atoms with van der Waals surface area (Å²) < 4.78 is 26.7. The van der Waals surface area contributed by atoms with Gasteiger partial charge < -0.3 is 25.0 Å². The standard InChI is InChI=1S/C34H34BClFN3O5/c1-33(2,3)45-32(43)40-13-11-23(12-14-40)44-28-10-7-20(35)16-24(28)26-18-29(41)39-30(19-5-4-6-22(37)15-19)34(26)25-9-8-21(36)17-27(25)38-31(34)42/h4-10,15-17,23,26,30H,11-14,18H2,1-3H3,(H,38,42)(H,39,41)/t26-,30+,34-/m1/s1. The molecule has 3 amide bonds. The zero-order valence-corrected chi connectivity index (χ0v) is 26.1. The number of carbonyl (C=O) groups is 3. The lowest BCUT2D eigenvalue weighted by atomic mass is 9.59. The lowest BCUT2D eigenvalue weighted by Gasteiger charge is -2.47. The second kappa shape index (κ2) is 11.7. The quantitative estimate of drug-likeness (QED) is 0.383. The molecular weight excluding hydrogens is 596 g/mol. The van der Waals surface area contributed by atoms with Gasteiger partial charge in [-0.05, 0) is 67.8 Å². The summed E-state index contributed by atoms with van der Waals surface area (Å²) in [6.45, 7) is 6.41. The number of anilines is 1. The van der Waals surface area contributed by atoms with Crippen molar-refractivity contribution in [2.45, 2.75) is 69.1 Å². The molecule has 8 nitrogen and oxygen atoms in total. The van der Waals surface area contributed by atoms with Gasteiger partial charge in [-0.2, -0.15) is 0 Å². The van der Waals surface area contributed by atoms with E-state index in [1.54, 1.807) is 53.4 Å². The predicted octanol–water partition coefficient (Wildman–Crippen LogP) is 5.29. The van der Waals surface area contributed by atoms with Gasteiger partial charge in [0, 0.05) is 49.0 Å². The zero-order valence-electron chi connectivity index (χ0n) is 25.4. The van der Waals surface area contributed by atoms with E-state index in [1.807, 2.05) is 20.8 Å². The number of nitrogens with zero attached hydrogens (tertiary/aromatic N) is 1. The highest BCUT2D eigenvalue weighted by molar-refractivity contribution is 6.32. The fourth-order valence-corrected chi connectivity index (χ4v) is 7.01. The van der Waals surface area contributed by atoms with E-state index < -0.39 is 28.8 Å². The Morgan fingerprint density at radius 2 is 1.82 bits per heavy atom. The minimum Gasteiger partial charge on any atom is -0.490 e. The zero-order chi connectivity index (χ0) is 32.1. The molecule has 0 unspecified atom stereocenters. The van der Waals surface area contributed by atoms with Gasteiger partial charge in [-0.3, -0.25) is 9.59 Å². The molecule has 11 heteroatoms. The largest absolute Gasteiger partial charge is 0.490 e. The van der Waals surface area contributed by atoms with Crippen molar-refractivity contribution in [2.24, 2.45) is 0 Å². The number of piperidine rings is 2. The topological polar surface area (TPSA) is 97.0 Å². The molecule has 0 aromatic heterocycles. The van der Waals surface area contributed by atoms with Crippen molar-refractivity contribution in [3.63, 3.8) is 0 Å². The lowest BCUT2D eigenvalue weighted by Crippen LogP contribution is -2.57. The van der Waals surface area contributed by atoms with Crippen LogP contribution < -0.4 is 20.8 Å². The minimum atomic E-state index is -1.38. The maximum atomic E-state index is 14.6. The summed E-state index contributed by atoms with van der Waals surface area (Å²) in [4.78, 5) is 42.1. The van der Waals surface area contributed by atoms with Crippen molar-refractivity contribution in [2.75, 3.05) is 18.4 Å². The first-order chi connectivity index (χ1) is 21.3. The van der Waals surface area contributed by atoms with E-state index in [2.05, 4.69) is 10.6 Å². The molecule has 0 saturated carbocycles. The summed E-state index contributed by atoms with van der Waals surface area (Å²) >= 11 is 6.33. The molecule has 2 radical (unpaired) electrons. The van der Waals surface area contributed by atoms with E-state index in [1.165, 1.54) is 12.1 Å². The predicted molar refractivity (Wildman–Crippen MR) is 170 cm³/mol. The van der Waals surface area contributed by atoms with Gasteiger partial charge in [0.25, 0.3) is 0 Å². The van der Waals surface area contributed by atoms with Crippen LogP contribution in [0.1, 0.15) is 68.7 Å². The fraction of sp³-hybridized carbons (Fsp3) is 0.382. The highest BCUT2D eigenvalue weighted by Crippen LogP contribution is 2.58. The Labute approximate surface area is 268 Å². The highest BCUT2D eigenvalue weighted by atomic mass is 35.5. The number of halogens is 2. The molecule has 6 rings (SSSR count). The Hall–Kier alpha value is -4.05. The lowest BCUT2D eigenvalue weighted by molar-refractivity contribution is -0.131. The number of fused-ring (bicyclic) bond motifs is 2. The number of amides is 3. The molecular formula is C34H34BClFN3O5. The van der Waals surface area contributed by atoms with E-state index in [9.17, 15) is 18.8 Å². The van der Waals surface area contributed by atoms with Gasteiger partial charge in [0.05, 0.1) is 6.04 Å². The van der Waals surface area contributed by atoms with E-state index >= 15 is 0 Å². The van der Waals surface area contributed by atoms with Crippen molar-refractivity contribution in [1.29, 1.82) is 0 Å². The second-order valence-electron chi connectivity index (χ2n) is 12.9. The molecule has 3 aromatic carbocycles. The number of hydrogen-bond donors (Lipinski definition) is 2. The number of benzene rings is 3. The Kier molecular flexibility index (Phi) is 8.06. The summed E-state index contributed by atoms with van der Waals surface area (Å²) in [5, 5.41) is 6.43. The van der Waals surface area contributed by atoms with Crippen LogP contribution in [0.25, 0.3) is 0 Å². The summed E-state index contributed by atoms with van der Waals surface area (Å²) in [6.07, 6.45) is 0.485. The first kappa shape index (κ1) is 31.0. The Bertz CT molecular complexity index is 1670. The van der Waals surface area contributed by atoms with Gasteiger partial charge in [-0.15, -0.1) is 0 Å². The second-order valence-corrected chi connectivity index (χ2v) is 13.3. The maximum Gasteiger partial charge on any atom is 0.410 e. The van der Waals surface area contributed by atoms with Gasteiger partial charge in [0.15, 0.2) is 0 Å². The molecule has 3 heterocycles. The average Bonchev–Trinajstić information content (AvgIpc) is 3.25. The highest BCUT2D eigenvalue weighted by Gasteiger charge is 2.61. The summed E-state index contributed by atoms with van der Waals surface area (Å²) in [5.74, 6) is -1.37. The van der Waals surface area contributed by atoms with Crippen molar-refractivity contribution < 1.29 is 28.2 Å². The van der Waals surface area contributed by atoms with Gasteiger partial charge in [0.1, 0.15) is 36.5 Å². The molecule has 2 fully saturated rings. The summed E-state index contributed by atoms with van der Waals surface area (Å²) in [6, 6.07) is 15.4. The molecule has 3 atom stereocenters. The van der Waals surface area contributed by atoms with E-state index in [4.69, 9.17) is 28.9 Å². The first-order valence-corrected chi connectivity index (χ1v) is 15.4. The van der Waals surface area contributed by atoms with Crippen LogP contribution in [-0.2, 0) is 19.7 Å². The number of nitrogens with one attached hydrogen (secondary N) is 2. The third-order valence-electron chi connectivity index (χ3n) is 8.73. The molecule has 2 N–H and O–H groups in total. The van der Waals surface area contributed by atoms with E-state index in [0.717, 1.165) is 0 Å². The number of hydrogen-bond acceptors (Lipinski definition) is 5. The Morgan fingerprint density at radius 3 is 2.53 bits per heavy atom. The van der Waals surface area contributed by atoms with Gasteiger partial charge in [-0.1, -0.05) is 47.4 Å². The maximum absolute atomic E-state index is 14.6. The number of ether oxygens (including phenoxy) is 2. The van der Waals surface area contributed by atoms with Crippen molar-refractivity contribution in [3.05, 3.63) is 88.2 Å². The van der Waals surface area contributed by atoms with E-state index in [-0.39, 0.29) is 30.4 Å². The number of rotatable bonds is 4. The Morgan fingerprint density at radius 1 is 1.07 bits per heavy atom. The smallest absolute Gasteiger partial charge is 0.410 e. The van der Waals surface area contributed by atoms with Crippen LogP contribution in [-0.4, -0.2) is 55.4 Å². The third-order valence-corrected chi connectivity index (χ3v) is 8.96. The van der Waals surface area contributed by atoms with E-state index in [0.29, 0.717) is 64.5 Å². The number of carbonyl (C=O) groups excluding carboxylic acids is 3. The van der Waals surface area contributed by atoms with Gasteiger partial charge in [0.2, 0.25) is 11.8 Å². The minimum absolute atomic E-state index is 0.0434. The average molecular weight is 630 g/mol. The van der Waals surface area contributed by atoms with Crippen molar-refractivity contribution in [3.8, 4) is 5.75 Å². The van der Waals surface area contributed by atoms with Crippen LogP contribution in [0.3, 0.4) is 0 Å². The molecule has 3 aromatic rings. The van der Waals surface area contributed by atoms with Crippen LogP contribution in [0.5, 0.6) is 5.75 Å². The van der Waals surface area contributed by atoms with Crippen LogP contribution in [0, 0.1) is 5.82 Å². The van der Waals surface area contributed by atoms with Gasteiger partial charge >= 0.3 is 6.09 Å². The van der Waals surface area contributed by atoms with Crippen LogP contribution in [0.4, 0.5) is 14.9 Å². The SMILES string of the molecule is [B]c1ccc(OC2CCN(C(=O)OC(C)(C)C)CC2)c([C@H]2CC(=O)N[C@@H](c3cccc(F)c3)[C@]23C(=O)Nc2cc(Cl)ccc23)c1. The molecule has 1 spiro atoms. The van der Waals surface area contributed by atoms with Crippen LogP contribution >= 0.6 is 11.6 Å². The van der Waals surface area contributed by atoms with Crippen LogP contribution in [0.15, 0.2) is 60.7 Å². The fourth-order valence-electron chi connectivity index (χ4n) is 6.84. The van der Waals surface area contributed by atoms with Crippen molar-refractivity contribution >= 4 is 48.5 Å². The molecule has 232 valence electrons. The van der Waals surface area contributed by atoms with Crippen molar-refractivity contribution in [1.82, 2.24) is 10.2 Å². The Balaban J connectivity index is 1.40. The summed E-state index contributed by atoms with van der Waals surface area (Å²) in [7, 11) is 6.32. The summed E-state index contributed by atoms with van der Waals surface area (Å²) in [5.41, 5.74) is 0.672. The molecule has 3 aliphatic rings. The monoisotopic (exact) mass is 629 g/mol. The third kappa shape index (κ3) is 5.88. The molecule has 3 aliphatic heterocycles. The normalized spacial score (nSPS) is 23.4. The molecule has 2 saturated heterocycles.